The summed E-state index contributed by atoms with van der Waals surface area (Å²) < 4.78 is 5.11. The fourth-order valence-corrected chi connectivity index (χ4v) is 1.38. The van der Waals surface area contributed by atoms with Gasteiger partial charge in [0.05, 0.1) is 12.1 Å². The minimum absolute atomic E-state index is 0.0787. The standard InChI is InChI=1S/C6H11N3O/c1-10-6-4-2-3-5(6)8-9-7/h5-6H,2-4H2,1H3. The first-order valence-electron chi connectivity index (χ1n) is 3.45. The highest BCUT2D eigenvalue weighted by atomic mass is 16.5. The van der Waals surface area contributed by atoms with E-state index in [1.807, 2.05) is 0 Å². The third kappa shape index (κ3) is 1.40. The van der Waals surface area contributed by atoms with Crippen molar-refractivity contribution in [1.82, 2.24) is 0 Å². The molecule has 1 saturated carbocycles. The monoisotopic (exact) mass is 141 g/mol. The van der Waals surface area contributed by atoms with Gasteiger partial charge in [-0.1, -0.05) is 11.5 Å². The smallest absolute Gasteiger partial charge is 0.0656 e. The SMILES string of the molecule is COC1CCCC1N=[N+]=[N-]. The third-order valence-electron chi connectivity index (χ3n) is 1.92. The van der Waals surface area contributed by atoms with E-state index in [1.165, 1.54) is 0 Å². The average Bonchev–Trinajstić information content (AvgIpc) is 2.36. The molecule has 2 unspecified atom stereocenters. The maximum absolute atomic E-state index is 8.14. The predicted octanol–water partition coefficient (Wildman–Crippen LogP) is 1.86. The van der Waals surface area contributed by atoms with Gasteiger partial charge in [-0.2, -0.15) is 0 Å². The minimum Gasteiger partial charge on any atom is -0.381 e. The molecule has 0 heterocycles. The van der Waals surface area contributed by atoms with Crippen molar-refractivity contribution in [2.24, 2.45) is 5.11 Å². The fourth-order valence-electron chi connectivity index (χ4n) is 1.38. The Labute approximate surface area is 59.8 Å². The van der Waals surface area contributed by atoms with Gasteiger partial charge in [-0.25, -0.2) is 0 Å². The van der Waals surface area contributed by atoms with Crippen molar-refractivity contribution in [3.8, 4) is 0 Å². The van der Waals surface area contributed by atoms with Crippen LogP contribution in [0.15, 0.2) is 5.11 Å². The third-order valence-corrected chi connectivity index (χ3v) is 1.92. The lowest BCUT2D eigenvalue weighted by Crippen LogP contribution is -2.18. The zero-order valence-corrected chi connectivity index (χ0v) is 6.03. The van der Waals surface area contributed by atoms with E-state index in [2.05, 4.69) is 10.0 Å². The maximum Gasteiger partial charge on any atom is 0.0656 e. The van der Waals surface area contributed by atoms with Crippen LogP contribution in [0.1, 0.15) is 19.3 Å². The Balaban J connectivity index is 2.49. The molecule has 4 heteroatoms. The lowest BCUT2D eigenvalue weighted by molar-refractivity contribution is 0.0961. The number of hydrogen-bond acceptors (Lipinski definition) is 2. The van der Waals surface area contributed by atoms with Crippen LogP contribution in [0.5, 0.6) is 0 Å². The summed E-state index contributed by atoms with van der Waals surface area (Å²) in [5.74, 6) is 0. The minimum atomic E-state index is 0.0787. The second-order valence-corrected chi connectivity index (χ2v) is 2.48. The van der Waals surface area contributed by atoms with Crippen LogP contribution < -0.4 is 0 Å². The van der Waals surface area contributed by atoms with Crippen LogP contribution in [-0.4, -0.2) is 19.3 Å². The number of methoxy groups -OCH3 is 1. The van der Waals surface area contributed by atoms with Gasteiger partial charge in [0.15, 0.2) is 0 Å². The van der Waals surface area contributed by atoms with Crippen LogP contribution in [-0.2, 0) is 4.74 Å². The Morgan fingerprint density at radius 3 is 3.00 bits per heavy atom. The van der Waals surface area contributed by atoms with Crippen LogP contribution in [0, 0.1) is 0 Å². The van der Waals surface area contributed by atoms with Gasteiger partial charge in [0.1, 0.15) is 0 Å². The number of ether oxygens (including phenoxy) is 1. The molecule has 4 nitrogen and oxygen atoms in total. The van der Waals surface area contributed by atoms with Gasteiger partial charge in [-0.15, -0.1) is 0 Å². The van der Waals surface area contributed by atoms with Crippen molar-refractivity contribution in [3.05, 3.63) is 10.4 Å². The summed E-state index contributed by atoms with van der Waals surface area (Å²) in [4.78, 5) is 2.76. The van der Waals surface area contributed by atoms with Crippen molar-refractivity contribution in [2.45, 2.75) is 31.4 Å². The molecule has 0 bridgehead atoms. The van der Waals surface area contributed by atoms with E-state index >= 15 is 0 Å². The van der Waals surface area contributed by atoms with Gasteiger partial charge >= 0.3 is 0 Å². The van der Waals surface area contributed by atoms with E-state index in [0.717, 1.165) is 19.3 Å². The quantitative estimate of drug-likeness (QED) is 0.329. The Morgan fingerprint density at radius 1 is 1.60 bits per heavy atom. The second-order valence-electron chi connectivity index (χ2n) is 2.48. The highest BCUT2D eigenvalue weighted by Crippen LogP contribution is 2.24. The molecule has 1 aliphatic carbocycles. The van der Waals surface area contributed by atoms with Crippen LogP contribution in [0.2, 0.25) is 0 Å². The molecule has 2 atom stereocenters. The topological polar surface area (TPSA) is 58.0 Å². The van der Waals surface area contributed by atoms with E-state index in [4.69, 9.17) is 10.3 Å². The van der Waals surface area contributed by atoms with Crippen LogP contribution in [0.3, 0.4) is 0 Å². The summed E-state index contributed by atoms with van der Waals surface area (Å²) in [6, 6.07) is 0.0787. The number of nitrogens with zero attached hydrogens (tertiary/aromatic N) is 3. The molecule has 0 spiro atoms. The highest BCUT2D eigenvalue weighted by molar-refractivity contribution is 4.83. The first-order valence-corrected chi connectivity index (χ1v) is 3.45. The normalized spacial score (nSPS) is 31.7. The van der Waals surface area contributed by atoms with Gasteiger partial charge in [-0.3, -0.25) is 0 Å². The van der Waals surface area contributed by atoms with E-state index in [9.17, 15) is 0 Å². The van der Waals surface area contributed by atoms with Gasteiger partial charge in [0.2, 0.25) is 0 Å². The van der Waals surface area contributed by atoms with Crippen LogP contribution in [0.25, 0.3) is 10.4 Å². The van der Waals surface area contributed by atoms with E-state index in [-0.39, 0.29) is 12.1 Å². The first kappa shape index (κ1) is 7.38. The Morgan fingerprint density at radius 2 is 2.40 bits per heavy atom. The zero-order valence-electron chi connectivity index (χ0n) is 6.03. The Bertz CT molecular complexity index is 153. The summed E-state index contributed by atoms with van der Waals surface area (Å²) in [5, 5.41) is 3.63. The molecule has 10 heavy (non-hydrogen) atoms. The Hall–Kier alpha value is -0.730. The molecule has 1 aliphatic rings. The fraction of sp³-hybridized carbons (Fsp3) is 1.00. The van der Waals surface area contributed by atoms with Gasteiger partial charge in [0, 0.05) is 12.0 Å². The number of azide groups is 1. The molecule has 1 fully saturated rings. The second kappa shape index (κ2) is 3.44. The molecule has 0 aromatic carbocycles. The average molecular weight is 141 g/mol. The Kier molecular flexibility index (Phi) is 2.54. The maximum atomic E-state index is 8.14. The lowest BCUT2D eigenvalue weighted by atomic mass is 10.2. The summed E-state index contributed by atoms with van der Waals surface area (Å²) in [6.45, 7) is 0. The molecule has 0 aromatic heterocycles. The zero-order chi connectivity index (χ0) is 7.40. The molecular formula is C6H11N3O. The largest absolute Gasteiger partial charge is 0.381 e. The van der Waals surface area contributed by atoms with E-state index in [1.54, 1.807) is 7.11 Å². The van der Waals surface area contributed by atoms with Crippen molar-refractivity contribution in [2.75, 3.05) is 7.11 Å². The first-order chi connectivity index (χ1) is 4.88. The molecule has 1 rings (SSSR count). The summed E-state index contributed by atoms with van der Waals surface area (Å²) in [5.41, 5.74) is 8.14. The number of rotatable bonds is 2. The lowest BCUT2D eigenvalue weighted by Gasteiger charge is -2.11. The van der Waals surface area contributed by atoms with E-state index < -0.39 is 0 Å². The molecule has 0 N–H and O–H groups in total. The molecular weight excluding hydrogens is 130 g/mol. The molecule has 0 aromatic rings. The van der Waals surface area contributed by atoms with Crippen molar-refractivity contribution < 1.29 is 4.74 Å². The molecule has 0 saturated heterocycles. The number of hydrogen-bond donors (Lipinski definition) is 0. The van der Waals surface area contributed by atoms with Gasteiger partial charge < -0.3 is 4.74 Å². The molecule has 0 amide bonds. The van der Waals surface area contributed by atoms with Crippen molar-refractivity contribution in [1.29, 1.82) is 0 Å². The highest BCUT2D eigenvalue weighted by Gasteiger charge is 2.25. The van der Waals surface area contributed by atoms with Crippen LogP contribution >= 0.6 is 0 Å². The summed E-state index contributed by atoms with van der Waals surface area (Å²) in [6.07, 6.45) is 3.28. The van der Waals surface area contributed by atoms with Gasteiger partial charge in [-0.05, 0) is 18.4 Å². The van der Waals surface area contributed by atoms with Crippen LogP contribution in [0.4, 0.5) is 0 Å². The van der Waals surface area contributed by atoms with E-state index in [0.29, 0.717) is 0 Å². The predicted molar refractivity (Wildman–Crippen MR) is 37.6 cm³/mol. The van der Waals surface area contributed by atoms with Crippen molar-refractivity contribution >= 4 is 0 Å². The summed E-state index contributed by atoms with van der Waals surface area (Å²) in [7, 11) is 1.66. The molecule has 56 valence electrons. The van der Waals surface area contributed by atoms with Gasteiger partial charge in [0.25, 0.3) is 0 Å². The van der Waals surface area contributed by atoms with Crippen molar-refractivity contribution in [3.63, 3.8) is 0 Å². The molecule has 0 aliphatic heterocycles. The summed E-state index contributed by atoms with van der Waals surface area (Å²) >= 11 is 0. The molecule has 0 radical (unpaired) electrons.